The Kier molecular flexibility index (Phi) is 3.77. The van der Waals surface area contributed by atoms with Gasteiger partial charge in [-0.15, -0.1) is 0 Å². The van der Waals surface area contributed by atoms with Crippen molar-refractivity contribution in [2.45, 2.75) is 76.7 Å². The van der Waals surface area contributed by atoms with Crippen LogP contribution in [0.25, 0.3) is 0 Å². The zero-order valence-electron chi connectivity index (χ0n) is 16.7. The predicted molar refractivity (Wildman–Crippen MR) is 104 cm³/mol. The molecule has 26 heavy (non-hydrogen) atoms. The van der Waals surface area contributed by atoms with E-state index in [0.29, 0.717) is 33.5 Å². The van der Waals surface area contributed by atoms with Crippen molar-refractivity contribution in [1.82, 2.24) is 0 Å². The molecule has 0 unspecified atom stereocenters. The van der Waals surface area contributed by atoms with Crippen molar-refractivity contribution in [3.8, 4) is 0 Å². The van der Waals surface area contributed by atoms with Crippen LogP contribution < -0.4 is 0 Å². The van der Waals surface area contributed by atoms with Gasteiger partial charge in [0.2, 0.25) is 0 Å². The van der Waals surface area contributed by atoms with Crippen molar-refractivity contribution in [2.24, 2.45) is 35.5 Å². The number of rotatable bonds is 2. The van der Waals surface area contributed by atoms with Crippen LogP contribution in [0.2, 0.25) is 0 Å². The third-order valence-corrected chi connectivity index (χ3v) is 13.1. The Morgan fingerprint density at radius 1 is 0.654 bits per heavy atom. The summed E-state index contributed by atoms with van der Waals surface area (Å²) in [7, 11) is -7.31. The summed E-state index contributed by atoms with van der Waals surface area (Å²) >= 11 is 0. The molecule has 0 aromatic rings. The number of sulfone groups is 2. The van der Waals surface area contributed by atoms with Gasteiger partial charge in [0.15, 0.2) is 19.7 Å². The van der Waals surface area contributed by atoms with Crippen LogP contribution in [0.3, 0.4) is 0 Å². The Bertz CT molecular complexity index is 809. The molecule has 6 atom stereocenters. The van der Waals surface area contributed by atoms with Gasteiger partial charge in [-0.25, -0.2) is 16.8 Å². The standard InChI is InChI=1S/C20H32O4S2/c1-19(2,3)25(21,22)17-13-10-14(18(17)26(23,24)20(4,5)6)16-12-8-7-11(9-12)15(13)16/h11-16H,7-10H2,1-6H3/t11-,12+,13+,14-,15+,16-. The molecule has 0 radical (unpaired) electrons. The van der Waals surface area contributed by atoms with E-state index >= 15 is 0 Å². The smallest absolute Gasteiger partial charge is 0.180 e. The molecular weight excluding hydrogens is 368 g/mol. The van der Waals surface area contributed by atoms with Crippen LogP contribution in [0.15, 0.2) is 9.81 Å². The third-order valence-electron chi connectivity index (χ3n) is 7.59. The molecule has 0 heterocycles. The Labute approximate surface area is 158 Å². The summed E-state index contributed by atoms with van der Waals surface area (Å²) in [5, 5.41) is 0. The molecule has 0 aliphatic heterocycles. The van der Waals surface area contributed by atoms with Crippen LogP contribution >= 0.6 is 0 Å². The zero-order valence-corrected chi connectivity index (χ0v) is 18.4. The molecule has 4 aliphatic rings. The molecule has 3 fully saturated rings. The highest BCUT2D eigenvalue weighted by Gasteiger charge is 2.66. The zero-order chi connectivity index (χ0) is 19.4. The molecule has 4 nitrogen and oxygen atoms in total. The first-order valence-corrected chi connectivity index (χ1v) is 12.9. The van der Waals surface area contributed by atoms with Crippen molar-refractivity contribution in [3.05, 3.63) is 9.81 Å². The van der Waals surface area contributed by atoms with Gasteiger partial charge in [0, 0.05) is 0 Å². The topological polar surface area (TPSA) is 68.3 Å². The molecule has 148 valence electrons. The second-order valence-electron chi connectivity index (χ2n) is 10.9. The minimum atomic E-state index is -3.65. The maximum atomic E-state index is 13.5. The monoisotopic (exact) mass is 400 g/mol. The van der Waals surface area contributed by atoms with E-state index in [0.717, 1.165) is 6.42 Å². The Hall–Kier alpha value is -0.360. The predicted octanol–water partition coefficient (Wildman–Crippen LogP) is 3.94. The fourth-order valence-electron chi connectivity index (χ4n) is 6.41. The average Bonchev–Trinajstić information content (AvgIpc) is 3.21. The van der Waals surface area contributed by atoms with Crippen LogP contribution in [0.4, 0.5) is 0 Å². The summed E-state index contributed by atoms with van der Waals surface area (Å²) in [6.07, 6.45) is 4.30. The highest BCUT2D eigenvalue weighted by Crippen LogP contribution is 2.70. The first kappa shape index (κ1) is 19.0. The number of hydrogen-bond acceptors (Lipinski definition) is 4. The van der Waals surface area contributed by atoms with E-state index < -0.39 is 29.2 Å². The van der Waals surface area contributed by atoms with Gasteiger partial charge < -0.3 is 0 Å². The SMILES string of the molecule is CC(C)(C)S(=O)(=O)C1=C(S(=O)(=O)C(C)(C)C)[C@@H]2C[C@H]1[C@@H]1[C@@H]3CC[C@@H](C3)[C@@H]12. The largest absolute Gasteiger partial charge is 0.223 e. The minimum Gasteiger partial charge on any atom is -0.223 e. The molecular formula is C20H32O4S2. The van der Waals surface area contributed by atoms with Crippen molar-refractivity contribution < 1.29 is 16.8 Å². The maximum absolute atomic E-state index is 13.5. The highest BCUT2D eigenvalue weighted by molar-refractivity contribution is 8.00. The van der Waals surface area contributed by atoms with Crippen molar-refractivity contribution in [1.29, 1.82) is 0 Å². The van der Waals surface area contributed by atoms with E-state index in [1.54, 1.807) is 41.5 Å². The fraction of sp³-hybridized carbons (Fsp3) is 0.900. The van der Waals surface area contributed by atoms with Crippen LogP contribution in [0.1, 0.15) is 67.2 Å². The quantitative estimate of drug-likeness (QED) is 0.659. The molecule has 0 saturated heterocycles. The van der Waals surface area contributed by atoms with Gasteiger partial charge >= 0.3 is 0 Å². The lowest BCUT2D eigenvalue weighted by atomic mass is 9.73. The Morgan fingerprint density at radius 2 is 1.00 bits per heavy atom. The normalized spacial score (nSPS) is 39.8. The van der Waals surface area contributed by atoms with Crippen LogP contribution in [0.5, 0.6) is 0 Å². The van der Waals surface area contributed by atoms with E-state index in [1.165, 1.54) is 19.3 Å². The average molecular weight is 401 g/mol. The van der Waals surface area contributed by atoms with Gasteiger partial charge in [-0.05, 0) is 103 Å². The second kappa shape index (κ2) is 5.16. The number of fused-ring (bicyclic) bond motifs is 9. The summed E-state index contributed by atoms with van der Waals surface area (Å²) in [6.45, 7) is 10.2. The Morgan fingerprint density at radius 3 is 1.31 bits per heavy atom. The maximum Gasteiger partial charge on any atom is 0.180 e. The molecule has 6 heteroatoms. The third kappa shape index (κ3) is 2.17. The van der Waals surface area contributed by atoms with Gasteiger partial charge in [0.1, 0.15) is 0 Å². The first-order valence-electron chi connectivity index (χ1n) is 9.93. The molecule has 0 N–H and O–H groups in total. The van der Waals surface area contributed by atoms with Gasteiger partial charge in [0.25, 0.3) is 0 Å². The van der Waals surface area contributed by atoms with E-state index in [1.807, 2.05) is 0 Å². The minimum absolute atomic E-state index is 0.0725. The lowest BCUT2D eigenvalue weighted by Gasteiger charge is -2.39. The molecule has 4 rings (SSSR count). The molecule has 0 spiro atoms. The number of allylic oxidation sites excluding steroid dienone is 2. The summed E-state index contributed by atoms with van der Waals surface area (Å²) in [6, 6.07) is 0. The van der Waals surface area contributed by atoms with E-state index in [4.69, 9.17) is 0 Å². The van der Waals surface area contributed by atoms with Crippen molar-refractivity contribution in [3.63, 3.8) is 0 Å². The van der Waals surface area contributed by atoms with E-state index in [-0.39, 0.29) is 11.8 Å². The molecule has 3 saturated carbocycles. The molecule has 0 amide bonds. The number of hydrogen-bond donors (Lipinski definition) is 0. The molecule has 0 aromatic heterocycles. The molecule has 4 aliphatic carbocycles. The summed E-state index contributed by atoms with van der Waals surface area (Å²) in [5.74, 6) is 1.84. The van der Waals surface area contributed by atoms with Crippen LogP contribution in [-0.4, -0.2) is 26.3 Å². The highest BCUT2D eigenvalue weighted by atomic mass is 32.2. The molecule has 4 bridgehead atoms. The van der Waals surface area contributed by atoms with Crippen molar-refractivity contribution in [2.75, 3.05) is 0 Å². The van der Waals surface area contributed by atoms with Gasteiger partial charge in [0.05, 0.1) is 19.3 Å². The summed E-state index contributed by atoms with van der Waals surface area (Å²) in [4.78, 5) is 0.609. The Balaban J connectivity index is 1.97. The van der Waals surface area contributed by atoms with Gasteiger partial charge in [-0.3, -0.25) is 0 Å². The first-order chi connectivity index (χ1) is 11.7. The lowest BCUT2D eigenvalue weighted by Crippen LogP contribution is -2.41. The second-order valence-corrected chi connectivity index (χ2v) is 16.2. The van der Waals surface area contributed by atoms with E-state index in [9.17, 15) is 16.8 Å². The summed E-state index contributed by atoms with van der Waals surface area (Å²) in [5.41, 5.74) is 0. The lowest BCUT2D eigenvalue weighted by molar-refractivity contribution is 0.201. The molecule has 0 aromatic carbocycles. The van der Waals surface area contributed by atoms with E-state index in [2.05, 4.69) is 0 Å². The van der Waals surface area contributed by atoms with Crippen LogP contribution in [-0.2, 0) is 19.7 Å². The fourth-order valence-corrected chi connectivity index (χ4v) is 10.5. The van der Waals surface area contributed by atoms with Crippen LogP contribution in [0, 0.1) is 35.5 Å². The van der Waals surface area contributed by atoms with Gasteiger partial charge in [-0.1, -0.05) is 0 Å². The van der Waals surface area contributed by atoms with Crippen molar-refractivity contribution >= 4 is 19.7 Å². The van der Waals surface area contributed by atoms with Gasteiger partial charge in [-0.2, -0.15) is 0 Å². The summed E-state index contributed by atoms with van der Waals surface area (Å²) < 4.78 is 52.1.